The second-order valence-electron chi connectivity index (χ2n) is 7.96. The highest BCUT2D eigenvalue weighted by molar-refractivity contribution is 7.15. The molecule has 32 heavy (non-hydrogen) atoms. The van der Waals surface area contributed by atoms with E-state index in [9.17, 15) is 13.6 Å². The van der Waals surface area contributed by atoms with E-state index in [1.54, 1.807) is 25.3 Å². The first-order valence-corrected chi connectivity index (χ1v) is 11.3. The van der Waals surface area contributed by atoms with Gasteiger partial charge in [0.2, 0.25) is 5.95 Å². The molecule has 1 N–H and O–H groups in total. The molecule has 10 heteroatoms. The molecule has 3 aromatic heterocycles. The van der Waals surface area contributed by atoms with Gasteiger partial charge in [0, 0.05) is 24.0 Å². The van der Waals surface area contributed by atoms with Crippen molar-refractivity contribution in [3.63, 3.8) is 0 Å². The van der Waals surface area contributed by atoms with Gasteiger partial charge in [-0.1, -0.05) is 24.6 Å². The predicted molar refractivity (Wildman–Crippen MR) is 121 cm³/mol. The van der Waals surface area contributed by atoms with Crippen molar-refractivity contribution >= 4 is 34.8 Å². The van der Waals surface area contributed by atoms with Crippen LogP contribution in [0.25, 0.3) is 10.6 Å². The van der Waals surface area contributed by atoms with Crippen LogP contribution in [0.2, 0.25) is 5.02 Å². The number of amides is 1. The average Bonchev–Trinajstić information content (AvgIpc) is 3.15. The Morgan fingerprint density at radius 2 is 2.06 bits per heavy atom. The maximum absolute atomic E-state index is 14.5. The van der Waals surface area contributed by atoms with Crippen molar-refractivity contribution in [2.75, 3.05) is 18.4 Å². The average molecular weight is 478 g/mol. The number of halogens is 3. The molecule has 0 aliphatic carbocycles. The van der Waals surface area contributed by atoms with Crippen LogP contribution in [0.1, 0.15) is 28.6 Å². The number of hydrogen-bond acceptors (Lipinski definition) is 6. The van der Waals surface area contributed by atoms with Crippen molar-refractivity contribution in [2.45, 2.75) is 32.2 Å². The highest BCUT2D eigenvalue weighted by atomic mass is 35.5. The Hall–Kier alpha value is -2.65. The lowest BCUT2D eigenvalue weighted by atomic mass is 9.88. The van der Waals surface area contributed by atoms with E-state index < -0.39 is 30.3 Å². The molecule has 1 aliphatic rings. The maximum Gasteiger partial charge on any atom is 0.265 e. The van der Waals surface area contributed by atoms with Crippen LogP contribution in [0.15, 0.2) is 42.9 Å². The molecule has 0 saturated carbocycles. The Kier molecular flexibility index (Phi) is 6.39. The molecule has 1 saturated heterocycles. The molecule has 1 amide bonds. The van der Waals surface area contributed by atoms with Gasteiger partial charge < -0.3 is 10.2 Å². The first-order valence-electron chi connectivity index (χ1n) is 10.2. The van der Waals surface area contributed by atoms with Gasteiger partial charge in [-0.25, -0.2) is 18.7 Å². The zero-order valence-electron chi connectivity index (χ0n) is 17.6. The van der Waals surface area contributed by atoms with E-state index in [-0.39, 0.29) is 13.0 Å². The summed E-state index contributed by atoms with van der Waals surface area (Å²) in [6.45, 7) is 3.23. The third kappa shape index (κ3) is 4.88. The van der Waals surface area contributed by atoms with Gasteiger partial charge in [-0.15, -0.1) is 11.3 Å². The number of carbonyl (C=O) groups is 1. The zero-order valence-corrected chi connectivity index (χ0v) is 19.1. The number of anilines is 1. The van der Waals surface area contributed by atoms with Gasteiger partial charge in [0.05, 0.1) is 46.1 Å². The van der Waals surface area contributed by atoms with Gasteiger partial charge in [-0.2, -0.15) is 0 Å². The maximum atomic E-state index is 14.5. The predicted octanol–water partition coefficient (Wildman–Crippen LogP) is 5.16. The first kappa shape index (κ1) is 22.5. The SMILES string of the molecule is Cc1cc(C(=O)N2CC(F)(F)C[C@@H](C)C2CNc2ncc(Cl)cn2)c(-c2ccccn2)s1. The summed E-state index contributed by atoms with van der Waals surface area (Å²) in [4.78, 5) is 29.0. The van der Waals surface area contributed by atoms with Crippen molar-refractivity contribution < 1.29 is 13.6 Å². The van der Waals surface area contributed by atoms with Gasteiger partial charge in [-0.3, -0.25) is 9.78 Å². The smallest absolute Gasteiger partial charge is 0.265 e. The van der Waals surface area contributed by atoms with Gasteiger partial charge in [0.15, 0.2) is 0 Å². The fraction of sp³-hybridized carbons (Fsp3) is 0.364. The monoisotopic (exact) mass is 477 g/mol. The second-order valence-corrected chi connectivity index (χ2v) is 9.65. The molecule has 6 nitrogen and oxygen atoms in total. The lowest BCUT2D eigenvalue weighted by molar-refractivity contribution is -0.0897. The minimum absolute atomic E-state index is 0.243. The molecule has 3 aromatic rings. The molecular weight excluding hydrogens is 456 g/mol. The lowest BCUT2D eigenvalue weighted by Crippen LogP contribution is -2.57. The number of hydrogen-bond donors (Lipinski definition) is 1. The Labute approximate surface area is 193 Å². The molecule has 1 fully saturated rings. The van der Waals surface area contributed by atoms with Crippen LogP contribution in [0.4, 0.5) is 14.7 Å². The molecule has 1 unspecified atom stereocenters. The second kappa shape index (κ2) is 9.07. The van der Waals surface area contributed by atoms with Gasteiger partial charge in [0.1, 0.15) is 0 Å². The van der Waals surface area contributed by atoms with Crippen LogP contribution in [-0.2, 0) is 0 Å². The van der Waals surface area contributed by atoms with E-state index in [0.29, 0.717) is 27.1 Å². The standard InChI is InChI=1S/C22H22ClF2N5OS/c1-13-8-22(24,25)12-30(18(13)11-29-21-27-9-15(23)10-28-21)20(31)16-7-14(2)32-19(16)17-5-3-4-6-26-17/h3-7,9-10,13,18H,8,11-12H2,1-2H3,(H,27,28,29)/t13-,18?/m1/s1. The van der Waals surface area contributed by atoms with Gasteiger partial charge in [0.25, 0.3) is 11.8 Å². The van der Waals surface area contributed by atoms with Crippen molar-refractivity contribution in [3.05, 3.63) is 58.3 Å². The summed E-state index contributed by atoms with van der Waals surface area (Å²) in [5, 5.41) is 3.45. The van der Waals surface area contributed by atoms with Crippen LogP contribution in [0.3, 0.4) is 0 Å². The number of piperidine rings is 1. The van der Waals surface area contributed by atoms with E-state index in [2.05, 4.69) is 20.3 Å². The van der Waals surface area contributed by atoms with Crippen LogP contribution in [0, 0.1) is 12.8 Å². The Morgan fingerprint density at radius 1 is 1.31 bits per heavy atom. The van der Waals surface area contributed by atoms with Crippen molar-refractivity contribution in [3.8, 4) is 10.6 Å². The van der Waals surface area contributed by atoms with Crippen molar-refractivity contribution in [1.29, 1.82) is 0 Å². The van der Waals surface area contributed by atoms with E-state index in [4.69, 9.17) is 11.6 Å². The Balaban J connectivity index is 1.64. The topological polar surface area (TPSA) is 71.0 Å². The summed E-state index contributed by atoms with van der Waals surface area (Å²) in [6, 6.07) is 6.73. The number of alkyl halides is 2. The van der Waals surface area contributed by atoms with Gasteiger partial charge >= 0.3 is 0 Å². The molecular formula is C22H22ClF2N5OS. The quantitative estimate of drug-likeness (QED) is 0.549. The van der Waals surface area contributed by atoms with E-state index >= 15 is 0 Å². The molecule has 168 valence electrons. The van der Waals surface area contributed by atoms with Gasteiger partial charge in [-0.05, 0) is 31.0 Å². The molecule has 1 aliphatic heterocycles. The minimum atomic E-state index is -2.96. The summed E-state index contributed by atoms with van der Waals surface area (Å²) >= 11 is 7.25. The van der Waals surface area contributed by atoms with Crippen molar-refractivity contribution in [1.82, 2.24) is 19.9 Å². The summed E-state index contributed by atoms with van der Waals surface area (Å²) in [5.74, 6) is -3.49. The highest BCUT2D eigenvalue weighted by Gasteiger charge is 2.46. The lowest BCUT2D eigenvalue weighted by Gasteiger charge is -2.43. The number of pyridine rings is 1. The number of carbonyl (C=O) groups excluding carboxylic acids is 1. The van der Waals surface area contributed by atoms with Crippen LogP contribution < -0.4 is 5.32 Å². The number of thiophene rings is 1. The number of aryl methyl sites for hydroxylation is 1. The van der Waals surface area contributed by atoms with E-state index in [0.717, 1.165) is 4.88 Å². The molecule has 0 spiro atoms. The molecule has 2 atom stereocenters. The number of nitrogens with zero attached hydrogens (tertiary/aromatic N) is 4. The third-order valence-corrected chi connectivity index (χ3v) is 6.68. The first-order chi connectivity index (χ1) is 15.2. The molecule has 4 rings (SSSR count). The number of rotatable bonds is 5. The summed E-state index contributed by atoms with van der Waals surface area (Å²) < 4.78 is 29.1. The number of likely N-dealkylation sites (tertiary alicyclic amines) is 1. The molecule has 0 bridgehead atoms. The molecule has 0 radical (unpaired) electrons. The van der Waals surface area contributed by atoms with Crippen molar-refractivity contribution in [2.24, 2.45) is 5.92 Å². The molecule has 4 heterocycles. The normalized spacial score (nSPS) is 20.2. The minimum Gasteiger partial charge on any atom is -0.352 e. The van der Waals surface area contributed by atoms with E-state index in [1.807, 2.05) is 19.1 Å². The third-order valence-electron chi connectivity index (χ3n) is 5.41. The Bertz CT molecular complexity index is 1090. The number of nitrogens with one attached hydrogen (secondary N) is 1. The fourth-order valence-electron chi connectivity index (χ4n) is 3.99. The summed E-state index contributed by atoms with van der Waals surface area (Å²) in [7, 11) is 0. The van der Waals surface area contributed by atoms with Crippen LogP contribution in [0.5, 0.6) is 0 Å². The molecule has 0 aromatic carbocycles. The van der Waals surface area contributed by atoms with Crippen LogP contribution in [-0.4, -0.2) is 50.8 Å². The largest absolute Gasteiger partial charge is 0.352 e. The summed E-state index contributed by atoms with van der Waals surface area (Å²) in [6.07, 6.45) is 4.26. The Morgan fingerprint density at radius 3 is 2.75 bits per heavy atom. The highest BCUT2D eigenvalue weighted by Crippen LogP contribution is 2.38. The van der Waals surface area contributed by atoms with E-state index in [1.165, 1.54) is 28.6 Å². The fourth-order valence-corrected chi connectivity index (χ4v) is 5.07. The van der Waals surface area contributed by atoms with Crippen LogP contribution >= 0.6 is 22.9 Å². The summed E-state index contributed by atoms with van der Waals surface area (Å²) in [5.41, 5.74) is 1.04. The number of aromatic nitrogens is 3. The zero-order chi connectivity index (χ0) is 22.9.